The standard InChI is InChI=1S/C15H16ClNO4S2/c1-20-13(14-4-5-15(16)22-14)9-17-23(18,19)11-2-3-12-10(8-11)6-7-21-12/h2-5,8,13,17H,6-7,9H2,1H3/t13-/m0/s1. The summed E-state index contributed by atoms with van der Waals surface area (Å²) in [5.41, 5.74) is 0.918. The van der Waals surface area contributed by atoms with E-state index < -0.39 is 10.0 Å². The van der Waals surface area contributed by atoms with Crippen LogP contribution in [0.4, 0.5) is 0 Å². The Morgan fingerprint density at radius 1 is 1.39 bits per heavy atom. The number of ether oxygens (including phenoxy) is 2. The Balaban J connectivity index is 1.73. The second-order valence-corrected chi connectivity index (χ2v) is 8.60. The monoisotopic (exact) mass is 373 g/mol. The third kappa shape index (κ3) is 3.70. The molecule has 5 nitrogen and oxygen atoms in total. The molecule has 0 fully saturated rings. The summed E-state index contributed by atoms with van der Waals surface area (Å²) in [6.45, 7) is 0.737. The SMILES string of the molecule is CO[C@@H](CNS(=O)(=O)c1ccc2c(c1)CCO2)c1ccc(Cl)s1. The van der Waals surface area contributed by atoms with Crippen LogP contribution >= 0.6 is 22.9 Å². The van der Waals surface area contributed by atoms with Crippen LogP contribution in [-0.4, -0.2) is 28.7 Å². The molecule has 1 aromatic heterocycles. The van der Waals surface area contributed by atoms with Crippen LogP contribution in [0.5, 0.6) is 5.75 Å². The molecule has 0 saturated heterocycles. The molecule has 23 heavy (non-hydrogen) atoms. The summed E-state index contributed by atoms with van der Waals surface area (Å²) >= 11 is 7.29. The number of halogens is 1. The molecule has 0 amide bonds. The average Bonchev–Trinajstić information content (AvgIpc) is 3.16. The first-order chi connectivity index (χ1) is 11.0. The number of methoxy groups -OCH3 is 1. The fourth-order valence-corrected chi connectivity index (χ4v) is 4.62. The number of rotatable bonds is 6. The molecule has 2 aromatic rings. The molecule has 1 aliphatic heterocycles. The number of hydrogen-bond acceptors (Lipinski definition) is 5. The van der Waals surface area contributed by atoms with Gasteiger partial charge in [-0.1, -0.05) is 11.6 Å². The summed E-state index contributed by atoms with van der Waals surface area (Å²) in [5, 5.41) is 0. The first kappa shape index (κ1) is 16.7. The predicted molar refractivity (Wildman–Crippen MR) is 89.9 cm³/mol. The van der Waals surface area contributed by atoms with Crippen molar-refractivity contribution in [3.63, 3.8) is 0 Å². The average molecular weight is 374 g/mol. The zero-order valence-corrected chi connectivity index (χ0v) is 14.8. The van der Waals surface area contributed by atoms with Gasteiger partial charge in [-0.3, -0.25) is 0 Å². The molecule has 1 aromatic carbocycles. The van der Waals surface area contributed by atoms with Crippen molar-refractivity contribution in [1.82, 2.24) is 4.72 Å². The van der Waals surface area contributed by atoms with E-state index in [0.29, 0.717) is 10.9 Å². The van der Waals surface area contributed by atoms with Crippen LogP contribution in [0.1, 0.15) is 16.5 Å². The van der Waals surface area contributed by atoms with Crippen LogP contribution in [-0.2, 0) is 21.2 Å². The highest BCUT2D eigenvalue weighted by Crippen LogP contribution is 2.30. The Bertz CT molecular complexity index is 804. The molecule has 0 radical (unpaired) electrons. The van der Waals surface area contributed by atoms with Crippen molar-refractivity contribution in [2.24, 2.45) is 0 Å². The van der Waals surface area contributed by atoms with Gasteiger partial charge in [-0.15, -0.1) is 11.3 Å². The van der Waals surface area contributed by atoms with Gasteiger partial charge in [0.2, 0.25) is 10.0 Å². The molecule has 8 heteroatoms. The van der Waals surface area contributed by atoms with E-state index in [-0.39, 0.29) is 17.5 Å². The largest absolute Gasteiger partial charge is 0.493 e. The topological polar surface area (TPSA) is 64.6 Å². The fraction of sp³-hybridized carbons (Fsp3) is 0.333. The van der Waals surface area contributed by atoms with Gasteiger partial charge in [0, 0.05) is 25.0 Å². The highest BCUT2D eigenvalue weighted by Gasteiger charge is 2.21. The highest BCUT2D eigenvalue weighted by atomic mass is 35.5. The molecule has 0 unspecified atom stereocenters. The number of fused-ring (bicyclic) bond motifs is 1. The summed E-state index contributed by atoms with van der Waals surface area (Å²) in [7, 11) is -2.06. The van der Waals surface area contributed by atoms with E-state index in [2.05, 4.69) is 4.72 Å². The normalized spacial score (nSPS) is 15.2. The summed E-state index contributed by atoms with van der Waals surface area (Å²) in [6.07, 6.45) is 0.354. The molecule has 1 N–H and O–H groups in total. The van der Waals surface area contributed by atoms with Crippen molar-refractivity contribution >= 4 is 33.0 Å². The minimum absolute atomic E-state index is 0.142. The lowest BCUT2D eigenvalue weighted by molar-refractivity contribution is 0.110. The Kier molecular flexibility index (Phi) is 4.93. The minimum atomic E-state index is -3.60. The maximum Gasteiger partial charge on any atom is 0.240 e. The summed E-state index contributed by atoms with van der Waals surface area (Å²) < 4.78 is 38.9. The minimum Gasteiger partial charge on any atom is -0.493 e. The number of nitrogens with one attached hydrogen (secondary N) is 1. The highest BCUT2D eigenvalue weighted by molar-refractivity contribution is 7.89. The summed E-state index contributed by atoms with van der Waals surface area (Å²) in [4.78, 5) is 1.11. The third-order valence-corrected chi connectivity index (χ3v) is 6.37. The van der Waals surface area contributed by atoms with Crippen molar-refractivity contribution in [2.45, 2.75) is 17.4 Å². The van der Waals surface area contributed by atoms with E-state index in [1.165, 1.54) is 11.3 Å². The summed E-state index contributed by atoms with van der Waals surface area (Å²) in [5.74, 6) is 0.756. The van der Waals surface area contributed by atoms with Crippen molar-refractivity contribution in [3.8, 4) is 5.75 Å². The van der Waals surface area contributed by atoms with E-state index in [1.54, 1.807) is 31.4 Å². The lowest BCUT2D eigenvalue weighted by Gasteiger charge is -2.15. The Morgan fingerprint density at radius 2 is 2.22 bits per heavy atom. The smallest absolute Gasteiger partial charge is 0.240 e. The molecular weight excluding hydrogens is 358 g/mol. The second-order valence-electron chi connectivity index (χ2n) is 5.09. The maximum atomic E-state index is 12.5. The molecule has 1 aliphatic rings. The van der Waals surface area contributed by atoms with E-state index in [0.717, 1.165) is 22.6 Å². The summed E-state index contributed by atoms with van der Waals surface area (Å²) in [6, 6.07) is 8.51. The van der Waals surface area contributed by atoms with Gasteiger partial charge >= 0.3 is 0 Å². The van der Waals surface area contributed by atoms with E-state index in [1.807, 2.05) is 6.07 Å². The van der Waals surface area contributed by atoms with Crippen molar-refractivity contribution < 1.29 is 17.9 Å². The van der Waals surface area contributed by atoms with Gasteiger partial charge in [0.05, 0.1) is 15.8 Å². The van der Waals surface area contributed by atoms with Crippen molar-refractivity contribution in [1.29, 1.82) is 0 Å². The van der Waals surface area contributed by atoms with Gasteiger partial charge in [0.25, 0.3) is 0 Å². The molecule has 0 saturated carbocycles. The number of sulfonamides is 1. The predicted octanol–water partition coefficient (Wildman–Crippen LogP) is 3.00. The zero-order valence-electron chi connectivity index (χ0n) is 12.4. The maximum absolute atomic E-state index is 12.5. The number of hydrogen-bond donors (Lipinski definition) is 1. The van der Waals surface area contributed by atoms with Gasteiger partial charge in [0.1, 0.15) is 11.9 Å². The van der Waals surface area contributed by atoms with E-state index >= 15 is 0 Å². The molecule has 0 spiro atoms. The lowest BCUT2D eigenvalue weighted by atomic mass is 10.2. The van der Waals surface area contributed by atoms with Gasteiger partial charge in [-0.05, 0) is 35.9 Å². The van der Waals surface area contributed by atoms with Gasteiger partial charge < -0.3 is 9.47 Å². The number of thiophene rings is 1. The van der Waals surface area contributed by atoms with Crippen LogP contribution in [0.15, 0.2) is 35.2 Å². The molecule has 1 atom stereocenters. The third-order valence-electron chi connectivity index (χ3n) is 3.63. The van der Waals surface area contributed by atoms with Crippen molar-refractivity contribution in [2.75, 3.05) is 20.3 Å². The van der Waals surface area contributed by atoms with Crippen molar-refractivity contribution in [3.05, 3.63) is 45.1 Å². The van der Waals surface area contributed by atoms with Gasteiger partial charge in [-0.2, -0.15) is 0 Å². The van der Waals surface area contributed by atoms with Crippen LogP contribution in [0.2, 0.25) is 4.34 Å². The Labute approximate surface area is 144 Å². The quantitative estimate of drug-likeness (QED) is 0.845. The first-order valence-electron chi connectivity index (χ1n) is 7.03. The van der Waals surface area contributed by atoms with Crippen LogP contribution in [0.25, 0.3) is 0 Å². The molecule has 2 heterocycles. The van der Waals surface area contributed by atoms with Crippen LogP contribution in [0, 0.1) is 0 Å². The molecular formula is C15H16ClNO4S2. The van der Waals surface area contributed by atoms with E-state index in [4.69, 9.17) is 21.1 Å². The molecule has 3 rings (SSSR count). The Morgan fingerprint density at radius 3 is 2.91 bits per heavy atom. The second kappa shape index (κ2) is 6.78. The van der Waals surface area contributed by atoms with Crippen LogP contribution in [0.3, 0.4) is 0 Å². The lowest BCUT2D eigenvalue weighted by Crippen LogP contribution is -2.29. The van der Waals surface area contributed by atoms with Crippen LogP contribution < -0.4 is 9.46 Å². The zero-order chi connectivity index (χ0) is 16.4. The Hall–Kier alpha value is -1.12. The molecule has 0 bridgehead atoms. The molecule has 124 valence electrons. The molecule has 0 aliphatic carbocycles. The first-order valence-corrected chi connectivity index (χ1v) is 9.71. The fourth-order valence-electron chi connectivity index (χ4n) is 2.40. The van der Waals surface area contributed by atoms with E-state index in [9.17, 15) is 8.42 Å². The van der Waals surface area contributed by atoms with Gasteiger partial charge in [-0.25, -0.2) is 13.1 Å². The number of benzene rings is 1. The van der Waals surface area contributed by atoms with Gasteiger partial charge in [0.15, 0.2) is 0 Å².